The van der Waals surface area contributed by atoms with Crippen LogP contribution in [0.5, 0.6) is 11.5 Å². The maximum Gasteiger partial charge on any atom is 0.267 e. The summed E-state index contributed by atoms with van der Waals surface area (Å²) >= 11 is 6.74. The molecule has 6 nitrogen and oxygen atoms in total. The molecular weight excluding hydrogens is 370 g/mol. The van der Waals surface area contributed by atoms with E-state index in [0.29, 0.717) is 20.4 Å². The van der Waals surface area contributed by atoms with Crippen molar-refractivity contribution in [3.05, 3.63) is 62.9 Å². The second-order valence-electron chi connectivity index (χ2n) is 5.70. The van der Waals surface area contributed by atoms with Crippen LogP contribution in [0.25, 0.3) is 5.69 Å². The van der Waals surface area contributed by atoms with Gasteiger partial charge < -0.3 is 20.5 Å². The normalized spacial score (nSPS) is 15.7. The molecule has 3 N–H and O–H groups in total. The van der Waals surface area contributed by atoms with Crippen molar-refractivity contribution in [2.24, 2.45) is 0 Å². The van der Waals surface area contributed by atoms with E-state index in [4.69, 9.17) is 17.0 Å². The number of carbonyl (C=O) groups is 1. The molecule has 26 heavy (non-hydrogen) atoms. The summed E-state index contributed by atoms with van der Waals surface area (Å²) in [6.07, 6.45) is -0.469. The molecule has 0 fully saturated rings. The number of anilines is 1. The molecule has 0 saturated heterocycles. The first kappa shape index (κ1) is 16.6. The molecule has 8 heteroatoms. The number of aromatic nitrogens is 1. The number of hydrogen-bond acceptors (Lipinski definition) is 6. The van der Waals surface area contributed by atoms with E-state index in [9.17, 15) is 9.90 Å². The van der Waals surface area contributed by atoms with Crippen LogP contribution in [0.3, 0.4) is 0 Å². The van der Waals surface area contributed by atoms with Gasteiger partial charge in [0.1, 0.15) is 16.9 Å². The van der Waals surface area contributed by atoms with Crippen LogP contribution >= 0.6 is 23.6 Å². The van der Waals surface area contributed by atoms with Gasteiger partial charge in [-0.2, -0.15) is 0 Å². The third kappa shape index (κ3) is 2.73. The molecule has 3 aromatic rings. The van der Waals surface area contributed by atoms with Gasteiger partial charge >= 0.3 is 0 Å². The van der Waals surface area contributed by atoms with Crippen molar-refractivity contribution in [2.75, 3.05) is 12.4 Å². The van der Waals surface area contributed by atoms with Crippen molar-refractivity contribution in [3.8, 4) is 17.2 Å². The van der Waals surface area contributed by atoms with Gasteiger partial charge in [-0.15, -0.1) is 0 Å². The second-order valence-corrected chi connectivity index (χ2v) is 7.34. The number of methoxy groups -OCH3 is 1. The zero-order valence-electron chi connectivity index (χ0n) is 13.7. The second kappa shape index (κ2) is 6.47. The number of phenols is 1. The molecule has 0 unspecified atom stereocenters. The highest BCUT2D eigenvalue weighted by molar-refractivity contribution is 7.73. The molecule has 1 aromatic heterocycles. The van der Waals surface area contributed by atoms with E-state index in [1.807, 2.05) is 34.9 Å². The number of para-hydroxylation sites is 1. The molecule has 132 valence electrons. The lowest BCUT2D eigenvalue weighted by molar-refractivity contribution is 0.0939. The third-order valence-corrected chi connectivity index (χ3v) is 5.50. The Labute approximate surface area is 158 Å². The molecule has 4 rings (SSSR count). The summed E-state index contributed by atoms with van der Waals surface area (Å²) in [6, 6.07) is 14.6. The summed E-state index contributed by atoms with van der Waals surface area (Å²) in [7, 11) is 1.48. The fraction of sp³-hybridized carbons (Fsp3) is 0.111. The zero-order valence-corrected chi connectivity index (χ0v) is 15.4. The Hall–Kier alpha value is -2.84. The highest BCUT2D eigenvalue weighted by Crippen LogP contribution is 2.36. The Morgan fingerprint density at radius 3 is 2.69 bits per heavy atom. The predicted molar refractivity (Wildman–Crippen MR) is 103 cm³/mol. The van der Waals surface area contributed by atoms with Crippen LogP contribution in [0.4, 0.5) is 5.82 Å². The van der Waals surface area contributed by atoms with Crippen LogP contribution < -0.4 is 15.4 Å². The van der Waals surface area contributed by atoms with Gasteiger partial charge in [0.25, 0.3) is 5.91 Å². The number of thiazole rings is 1. The lowest BCUT2D eigenvalue weighted by atomic mass is 10.1. The standard InChI is InChI=1S/C18H15N3O3S2/c1-24-13-9-10(7-8-12(13)22)15-19-16-14(17(23)20-15)26-18(25)21(16)11-5-3-2-4-6-11/h2-9,15,19,22H,1H3,(H,20,23)/t15-/m1/s1. The van der Waals surface area contributed by atoms with Gasteiger partial charge in [-0.05, 0) is 42.0 Å². The van der Waals surface area contributed by atoms with Crippen LogP contribution in [0.2, 0.25) is 0 Å². The molecule has 1 aliphatic heterocycles. The fourth-order valence-corrected chi connectivity index (χ4v) is 4.19. The van der Waals surface area contributed by atoms with E-state index < -0.39 is 6.17 Å². The fourth-order valence-electron chi connectivity index (χ4n) is 2.88. The zero-order chi connectivity index (χ0) is 18.3. The van der Waals surface area contributed by atoms with Crippen molar-refractivity contribution >= 4 is 35.3 Å². The number of aromatic hydroxyl groups is 1. The number of nitrogens with one attached hydrogen (secondary N) is 2. The highest BCUT2D eigenvalue weighted by atomic mass is 32.1. The summed E-state index contributed by atoms with van der Waals surface area (Å²) in [4.78, 5) is 13.1. The van der Waals surface area contributed by atoms with E-state index in [1.165, 1.54) is 24.5 Å². The van der Waals surface area contributed by atoms with Crippen LogP contribution in [0, 0.1) is 3.95 Å². The number of carbonyl (C=O) groups excluding carboxylic acids is 1. The maximum absolute atomic E-state index is 12.6. The number of amides is 1. The molecule has 1 amide bonds. The maximum atomic E-state index is 12.6. The molecular formula is C18H15N3O3S2. The summed E-state index contributed by atoms with van der Waals surface area (Å²) in [5.74, 6) is 0.852. The topological polar surface area (TPSA) is 75.5 Å². The van der Waals surface area contributed by atoms with Crippen molar-refractivity contribution in [1.82, 2.24) is 9.88 Å². The Kier molecular flexibility index (Phi) is 4.14. The van der Waals surface area contributed by atoms with E-state index in [-0.39, 0.29) is 11.7 Å². The number of rotatable bonds is 3. The molecule has 0 saturated carbocycles. The third-order valence-electron chi connectivity index (χ3n) is 4.12. The summed E-state index contributed by atoms with van der Waals surface area (Å²) in [5, 5.41) is 16.0. The van der Waals surface area contributed by atoms with Gasteiger partial charge in [0, 0.05) is 5.69 Å². The number of hydrogen-bond donors (Lipinski definition) is 3. The van der Waals surface area contributed by atoms with Crippen molar-refractivity contribution in [3.63, 3.8) is 0 Å². The molecule has 0 spiro atoms. The number of benzene rings is 2. The van der Waals surface area contributed by atoms with Crippen LogP contribution in [0.15, 0.2) is 48.5 Å². The van der Waals surface area contributed by atoms with Crippen LogP contribution in [-0.4, -0.2) is 22.7 Å². The minimum absolute atomic E-state index is 0.0433. The Morgan fingerprint density at radius 2 is 1.96 bits per heavy atom. The van der Waals surface area contributed by atoms with Gasteiger partial charge in [-0.3, -0.25) is 9.36 Å². The van der Waals surface area contributed by atoms with E-state index >= 15 is 0 Å². The van der Waals surface area contributed by atoms with E-state index in [1.54, 1.807) is 12.1 Å². The van der Waals surface area contributed by atoms with Gasteiger partial charge in [-0.1, -0.05) is 35.6 Å². The number of phenolic OH excluding ortho intramolecular Hbond substituents is 1. The lowest BCUT2D eigenvalue weighted by Crippen LogP contribution is -2.38. The molecule has 0 aliphatic carbocycles. The first-order valence-electron chi connectivity index (χ1n) is 7.84. The molecule has 0 radical (unpaired) electrons. The average molecular weight is 385 g/mol. The largest absolute Gasteiger partial charge is 0.504 e. The summed E-state index contributed by atoms with van der Waals surface area (Å²) in [6.45, 7) is 0. The molecule has 2 heterocycles. The average Bonchev–Trinajstić information content (AvgIpc) is 2.99. The van der Waals surface area contributed by atoms with Crippen LogP contribution in [0.1, 0.15) is 21.4 Å². The number of fused-ring (bicyclic) bond motifs is 1. The first-order valence-corrected chi connectivity index (χ1v) is 9.06. The molecule has 1 atom stereocenters. The first-order chi connectivity index (χ1) is 12.6. The smallest absolute Gasteiger partial charge is 0.267 e. The highest BCUT2D eigenvalue weighted by Gasteiger charge is 2.30. The van der Waals surface area contributed by atoms with Gasteiger partial charge in [0.2, 0.25) is 0 Å². The summed E-state index contributed by atoms with van der Waals surface area (Å²) < 4.78 is 7.61. The van der Waals surface area contributed by atoms with E-state index in [0.717, 1.165) is 11.3 Å². The minimum Gasteiger partial charge on any atom is -0.504 e. The van der Waals surface area contributed by atoms with Gasteiger partial charge in [0.05, 0.1) is 7.11 Å². The Morgan fingerprint density at radius 1 is 1.19 bits per heavy atom. The Balaban J connectivity index is 1.79. The minimum atomic E-state index is -0.469. The van der Waals surface area contributed by atoms with E-state index in [2.05, 4.69) is 10.6 Å². The quantitative estimate of drug-likeness (QED) is 0.598. The van der Waals surface area contributed by atoms with Crippen LogP contribution in [-0.2, 0) is 0 Å². The lowest BCUT2D eigenvalue weighted by Gasteiger charge is -2.27. The molecule has 0 bridgehead atoms. The van der Waals surface area contributed by atoms with Gasteiger partial charge in [-0.25, -0.2) is 0 Å². The SMILES string of the molecule is COc1cc([C@H]2NC(=O)c3sc(=S)n(-c4ccccc4)c3N2)ccc1O. The summed E-state index contributed by atoms with van der Waals surface area (Å²) in [5.41, 5.74) is 1.65. The molecule has 2 aromatic carbocycles. The van der Waals surface area contributed by atoms with Gasteiger partial charge in [0.15, 0.2) is 15.5 Å². The van der Waals surface area contributed by atoms with Crippen molar-refractivity contribution in [1.29, 1.82) is 0 Å². The van der Waals surface area contributed by atoms with Crippen molar-refractivity contribution < 1.29 is 14.6 Å². The Bertz CT molecular complexity index is 1040. The predicted octanol–water partition coefficient (Wildman–Crippen LogP) is 3.84. The van der Waals surface area contributed by atoms with Crippen molar-refractivity contribution in [2.45, 2.75) is 6.17 Å². The molecule has 1 aliphatic rings. The number of ether oxygens (including phenoxy) is 1. The monoisotopic (exact) mass is 385 g/mol. The number of nitrogens with zero attached hydrogens (tertiary/aromatic N) is 1.